The maximum atomic E-state index is 8.36. The first-order valence-electron chi connectivity index (χ1n) is 3.85. The molecule has 0 atom stereocenters. The monoisotopic (exact) mass is 247 g/mol. The van der Waals surface area contributed by atoms with E-state index in [1.165, 1.54) is 0 Å². The van der Waals surface area contributed by atoms with Gasteiger partial charge in [0.05, 0.1) is 5.69 Å². The molecule has 8 nitrogen and oxygen atoms in total. The summed E-state index contributed by atoms with van der Waals surface area (Å²) in [6.45, 7) is 0. The molecule has 1 aromatic rings. The molecular formula is C7H10ClN5O3. The predicted octanol–water partition coefficient (Wildman–Crippen LogP) is 0.402. The van der Waals surface area contributed by atoms with Gasteiger partial charge >= 0.3 is 0 Å². The number of hydrazine groups is 1. The lowest BCUT2D eigenvalue weighted by Crippen LogP contribution is -2.36. The minimum absolute atomic E-state index is 0.164. The van der Waals surface area contributed by atoms with Crippen molar-refractivity contribution in [2.24, 2.45) is 16.6 Å². The second-order valence-corrected chi connectivity index (χ2v) is 2.79. The maximum absolute atomic E-state index is 8.36. The van der Waals surface area contributed by atoms with Crippen LogP contribution in [-0.2, 0) is 0 Å². The molecule has 0 saturated carbocycles. The molecule has 0 aliphatic carbocycles. The lowest BCUT2D eigenvalue weighted by Gasteiger charge is -1.97. The van der Waals surface area contributed by atoms with E-state index in [1.54, 1.807) is 24.3 Å². The van der Waals surface area contributed by atoms with Gasteiger partial charge in [-0.15, -0.1) is 10.1 Å². The van der Waals surface area contributed by atoms with E-state index >= 15 is 0 Å². The fourth-order valence-electron chi connectivity index (χ4n) is 0.687. The fraction of sp³-hybridized carbons (Fsp3) is 0. The van der Waals surface area contributed by atoms with Crippen molar-refractivity contribution < 1.29 is 10.3 Å². The van der Waals surface area contributed by atoms with Crippen LogP contribution >= 0.6 is 11.6 Å². The summed E-state index contributed by atoms with van der Waals surface area (Å²) < 4.78 is 0. The number of benzene rings is 1. The molecule has 1 rings (SSSR count). The Morgan fingerprint density at radius 1 is 1.50 bits per heavy atom. The summed E-state index contributed by atoms with van der Waals surface area (Å²) in [5, 5.41) is 14.3. The Hall–Kier alpha value is -2.06. The first-order valence-corrected chi connectivity index (χ1v) is 4.23. The number of halogens is 1. The predicted molar refractivity (Wildman–Crippen MR) is 58.8 cm³/mol. The Kier molecular flexibility index (Phi) is 6.33. The third-order valence-electron chi connectivity index (χ3n) is 1.22. The van der Waals surface area contributed by atoms with E-state index in [2.05, 4.69) is 10.4 Å². The number of nitrogens with zero attached hydrogens (tertiary/aromatic N) is 2. The van der Waals surface area contributed by atoms with Gasteiger partial charge in [-0.05, 0) is 24.3 Å². The van der Waals surface area contributed by atoms with Gasteiger partial charge in [0.1, 0.15) is 0 Å². The molecule has 0 unspecified atom stereocenters. The number of nitrogens with one attached hydrogen (secondary N) is 1. The summed E-state index contributed by atoms with van der Waals surface area (Å²) in [6.07, 6.45) is 0. The van der Waals surface area contributed by atoms with Gasteiger partial charge < -0.3 is 10.9 Å². The van der Waals surface area contributed by atoms with E-state index in [0.29, 0.717) is 10.7 Å². The molecule has 1 aromatic carbocycles. The smallest absolute Gasteiger partial charge is 0.291 e. The second kappa shape index (κ2) is 7.26. The van der Waals surface area contributed by atoms with Crippen molar-refractivity contribution in [3.05, 3.63) is 39.4 Å². The summed E-state index contributed by atoms with van der Waals surface area (Å²) >= 11 is 5.66. The highest BCUT2D eigenvalue weighted by atomic mass is 35.5. The van der Waals surface area contributed by atoms with E-state index in [-0.39, 0.29) is 5.96 Å². The highest BCUT2D eigenvalue weighted by Gasteiger charge is 1.90. The van der Waals surface area contributed by atoms with Crippen molar-refractivity contribution in [2.45, 2.75) is 0 Å². The van der Waals surface area contributed by atoms with Crippen molar-refractivity contribution in [3.63, 3.8) is 0 Å². The number of nitrogens with two attached hydrogens (primary N) is 2. The van der Waals surface area contributed by atoms with Gasteiger partial charge in [0.2, 0.25) is 5.96 Å². The minimum Gasteiger partial charge on any atom is -0.369 e. The van der Waals surface area contributed by atoms with Crippen molar-refractivity contribution in [1.82, 2.24) is 5.43 Å². The van der Waals surface area contributed by atoms with Crippen LogP contribution in [0.3, 0.4) is 0 Å². The van der Waals surface area contributed by atoms with Crippen LogP contribution in [-0.4, -0.2) is 16.3 Å². The second-order valence-electron chi connectivity index (χ2n) is 2.36. The molecule has 0 aliphatic heterocycles. The Morgan fingerprint density at radius 3 is 2.31 bits per heavy atom. The number of hydrogen-bond donors (Lipinski definition) is 4. The lowest BCUT2D eigenvalue weighted by atomic mass is 10.3. The van der Waals surface area contributed by atoms with Gasteiger partial charge in [0.15, 0.2) is 0 Å². The first-order chi connectivity index (χ1) is 7.45. The zero-order chi connectivity index (χ0) is 12.6. The third-order valence-corrected chi connectivity index (χ3v) is 1.48. The number of aliphatic imine (C=N–C) groups is 1. The Bertz CT molecular complexity index is 363. The zero-order valence-corrected chi connectivity index (χ0v) is 8.76. The Morgan fingerprint density at radius 2 is 1.94 bits per heavy atom. The van der Waals surface area contributed by atoms with E-state index in [1.807, 2.05) is 0 Å². The van der Waals surface area contributed by atoms with Gasteiger partial charge in [-0.1, -0.05) is 11.6 Å². The van der Waals surface area contributed by atoms with Crippen LogP contribution < -0.4 is 17.0 Å². The molecule has 6 N–H and O–H groups in total. The average Bonchev–Trinajstić information content (AvgIpc) is 2.20. The van der Waals surface area contributed by atoms with Crippen molar-refractivity contribution in [2.75, 3.05) is 0 Å². The minimum atomic E-state index is -1.50. The summed E-state index contributed by atoms with van der Waals surface area (Å²) in [7, 11) is 0. The van der Waals surface area contributed by atoms with E-state index in [4.69, 9.17) is 38.5 Å². The third kappa shape index (κ3) is 7.35. The summed E-state index contributed by atoms with van der Waals surface area (Å²) in [4.78, 5) is 12.3. The Balaban J connectivity index is 0.000000487. The summed E-state index contributed by atoms with van der Waals surface area (Å²) in [5.41, 5.74) is 8.25. The van der Waals surface area contributed by atoms with E-state index in [9.17, 15) is 0 Å². The zero-order valence-electron chi connectivity index (χ0n) is 8.00. The largest absolute Gasteiger partial charge is 0.369 e. The molecular weight excluding hydrogens is 238 g/mol. The molecule has 0 amide bonds. The van der Waals surface area contributed by atoms with Gasteiger partial charge in [0, 0.05) is 5.02 Å². The topological polar surface area (TPSA) is 140 Å². The molecule has 0 heterocycles. The Labute approximate surface area is 95.6 Å². The maximum Gasteiger partial charge on any atom is 0.291 e. The molecule has 0 aliphatic rings. The van der Waals surface area contributed by atoms with E-state index in [0.717, 1.165) is 0 Å². The number of guanidine groups is 1. The average molecular weight is 248 g/mol. The number of hydrogen-bond acceptors (Lipinski definition) is 4. The van der Waals surface area contributed by atoms with Crippen LogP contribution in [0.15, 0.2) is 29.3 Å². The van der Waals surface area contributed by atoms with Gasteiger partial charge in [-0.25, -0.2) is 10.8 Å². The molecule has 0 spiro atoms. The molecule has 0 bridgehead atoms. The van der Waals surface area contributed by atoms with Crippen molar-refractivity contribution in [1.29, 1.82) is 0 Å². The van der Waals surface area contributed by atoms with Gasteiger partial charge in [0.25, 0.3) is 5.09 Å². The van der Waals surface area contributed by atoms with Crippen LogP contribution in [0.2, 0.25) is 5.02 Å². The van der Waals surface area contributed by atoms with Crippen LogP contribution in [0, 0.1) is 10.1 Å². The first kappa shape index (κ1) is 13.9. The van der Waals surface area contributed by atoms with Gasteiger partial charge in [-0.3, -0.25) is 5.43 Å². The fourth-order valence-corrected chi connectivity index (χ4v) is 0.813. The highest BCUT2D eigenvalue weighted by Crippen LogP contribution is 2.15. The standard InChI is InChI=1S/C7H9ClN4.HNO3/c8-5-1-3-6(4-2-5)11-7(9)12-10;2-1(3)4/h1-4H,10H2,(H3,9,11,12);(H,2,3,4). The molecule has 9 heteroatoms. The molecule has 16 heavy (non-hydrogen) atoms. The van der Waals surface area contributed by atoms with Crippen molar-refractivity contribution in [3.8, 4) is 0 Å². The molecule has 0 saturated heterocycles. The molecule has 0 aromatic heterocycles. The number of rotatable bonds is 1. The molecule has 0 fully saturated rings. The molecule has 88 valence electrons. The molecule has 0 radical (unpaired) electrons. The quantitative estimate of drug-likeness (QED) is 0.186. The van der Waals surface area contributed by atoms with Gasteiger partial charge in [-0.2, -0.15) is 0 Å². The summed E-state index contributed by atoms with van der Waals surface area (Å²) in [6, 6.07) is 6.94. The summed E-state index contributed by atoms with van der Waals surface area (Å²) in [5.74, 6) is 5.18. The van der Waals surface area contributed by atoms with Crippen molar-refractivity contribution >= 4 is 23.2 Å². The highest BCUT2D eigenvalue weighted by molar-refractivity contribution is 6.30. The SMILES string of the molecule is NNC(N)=Nc1ccc(Cl)cc1.O=[N+]([O-])O. The van der Waals surface area contributed by atoms with Crippen LogP contribution in [0.1, 0.15) is 0 Å². The van der Waals surface area contributed by atoms with Crippen LogP contribution in [0.5, 0.6) is 0 Å². The van der Waals surface area contributed by atoms with E-state index < -0.39 is 5.09 Å². The normalized spacial score (nSPS) is 10.0. The van der Waals surface area contributed by atoms with Crippen LogP contribution in [0.25, 0.3) is 0 Å². The lowest BCUT2D eigenvalue weighted by molar-refractivity contribution is -0.742. The van der Waals surface area contributed by atoms with Crippen LogP contribution in [0.4, 0.5) is 5.69 Å².